The van der Waals surface area contributed by atoms with E-state index in [0.29, 0.717) is 17.2 Å². The van der Waals surface area contributed by atoms with Crippen molar-refractivity contribution >= 4 is 15.9 Å². The summed E-state index contributed by atoms with van der Waals surface area (Å²) < 4.78 is 31.1. The summed E-state index contributed by atoms with van der Waals surface area (Å²) in [6.07, 6.45) is 6.92. The summed E-state index contributed by atoms with van der Waals surface area (Å²) in [5, 5.41) is 0. The quantitative estimate of drug-likeness (QED) is 0.497. The topological polar surface area (TPSA) is 84.3 Å². The van der Waals surface area contributed by atoms with Gasteiger partial charge in [-0.3, -0.25) is 14.3 Å². The minimum atomic E-state index is -4.05. The van der Waals surface area contributed by atoms with Crippen LogP contribution in [0.25, 0.3) is 0 Å². The molecule has 4 rings (SSSR count). The van der Waals surface area contributed by atoms with E-state index in [9.17, 15) is 13.2 Å². The van der Waals surface area contributed by atoms with Crippen molar-refractivity contribution in [1.29, 1.82) is 0 Å². The number of allylic oxidation sites excluding steroid dienone is 2. The van der Waals surface area contributed by atoms with Crippen LogP contribution in [-0.4, -0.2) is 23.7 Å². The van der Waals surface area contributed by atoms with Crippen molar-refractivity contribution in [3.63, 3.8) is 0 Å². The molecule has 2 aliphatic rings. The Hall–Kier alpha value is -2.31. The van der Waals surface area contributed by atoms with Gasteiger partial charge in [0.25, 0.3) is 10.1 Å². The minimum absolute atomic E-state index is 0.0643. The molecule has 0 amide bonds. The first-order valence-electron chi connectivity index (χ1n) is 8.60. The Morgan fingerprint density at radius 2 is 1.81 bits per heavy atom. The van der Waals surface area contributed by atoms with E-state index in [1.807, 2.05) is 18.2 Å². The van der Waals surface area contributed by atoms with Crippen molar-refractivity contribution in [2.24, 2.45) is 17.8 Å². The number of benzene rings is 1. The van der Waals surface area contributed by atoms with Crippen LogP contribution in [0.3, 0.4) is 0 Å². The van der Waals surface area contributed by atoms with Crippen molar-refractivity contribution in [1.82, 2.24) is 4.98 Å². The predicted molar refractivity (Wildman–Crippen MR) is 97.2 cm³/mol. The van der Waals surface area contributed by atoms with Gasteiger partial charge in [-0.2, -0.15) is 8.42 Å². The molecule has 0 spiro atoms. The van der Waals surface area contributed by atoms with Crippen LogP contribution < -0.4 is 0 Å². The first-order valence-corrected chi connectivity index (χ1v) is 10.2. The summed E-state index contributed by atoms with van der Waals surface area (Å²) in [6, 6.07) is 12.5. The molecule has 1 fully saturated rings. The first kappa shape index (κ1) is 17.1. The van der Waals surface area contributed by atoms with Crippen molar-refractivity contribution in [2.75, 3.05) is 0 Å². The summed E-state index contributed by atoms with van der Waals surface area (Å²) in [6.45, 7) is 0. The van der Waals surface area contributed by atoms with Gasteiger partial charge in [0.1, 0.15) is 11.4 Å². The lowest BCUT2D eigenvalue weighted by molar-refractivity contribution is 0.0881. The highest BCUT2D eigenvalue weighted by atomic mass is 32.2. The maximum atomic E-state index is 13.1. The van der Waals surface area contributed by atoms with Gasteiger partial charge in [0.05, 0.1) is 0 Å². The van der Waals surface area contributed by atoms with Crippen LogP contribution >= 0.6 is 0 Å². The van der Waals surface area contributed by atoms with E-state index in [0.717, 1.165) is 12.0 Å². The Morgan fingerprint density at radius 1 is 1.08 bits per heavy atom. The second kappa shape index (κ2) is 6.45. The minimum Gasteiger partial charge on any atom is -0.292 e. The molecule has 0 unspecified atom stereocenters. The second-order valence-corrected chi connectivity index (χ2v) is 8.50. The molecule has 0 radical (unpaired) electrons. The molecule has 1 aromatic carbocycles. The van der Waals surface area contributed by atoms with E-state index >= 15 is 0 Å². The summed E-state index contributed by atoms with van der Waals surface area (Å²) in [5.74, 6) is 0.114. The Labute approximate surface area is 152 Å². The van der Waals surface area contributed by atoms with Crippen molar-refractivity contribution in [3.05, 3.63) is 77.6 Å². The summed E-state index contributed by atoms with van der Waals surface area (Å²) in [5.41, 5.74) is 2.05. The van der Waals surface area contributed by atoms with Gasteiger partial charge in [-0.25, -0.2) is 0 Å². The zero-order valence-electron chi connectivity index (χ0n) is 14.0. The molecular formula is C20H19NO4S. The van der Waals surface area contributed by atoms with Gasteiger partial charge in [-0.1, -0.05) is 42.5 Å². The Balaban J connectivity index is 1.64. The largest absolute Gasteiger partial charge is 0.292 e. The number of aromatic nitrogens is 1. The molecule has 1 aromatic heterocycles. The van der Waals surface area contributed by atoms with Crippen molar-refractivity contribution in [2.45, 2.75) is 18.1 Å². The van der Waals surface area contributed by atoms with Crippen LogP contribution in [-0.2, 0) is 15.9 Å². The Bertz CT molecular complexity index is 951. The number of hydrogen-bond donors (Lipinski definition) is 1. The van der Waals surface area contributed by atoms with Crippen LogP contribution in [0.15, 0.2) is 60.8 Å². The lowest BCUT2D eigenvalue weighted by Gasteiger charge is -2.27. The number of hydrogen-bond acceptors (Lipinski definition) is 4. The summed E-state index contributed by atoms with van der Waals surface area (Å²) >= 11 is 0. The maximum Gasteiger partial charge on any atom is 0.269 e. The van der Waals surface area contributed by atoms with Gasteiger partial charge in [0, 0.05) is 18.0 Å². The van der Waals surface area contributed by atoms with Crippen LogP contribution in [0.5, 0.6) is 0 Å². The molecular weight excluding hydrogens is 350 g/mol. The highest BCUT2D eigenvalue weighted by Gasteiger charge is 2.48. The number of Topliss-reactive ketones (excluding diaryl/α,β-unsaturated/α-hetero) is 1. The molecule has 0 aliphatic heterocycles. The second-order valence-electron chi connectivity index (χ2n) is 7.05. The van der Waals surface area contributed by atoms with Crippen LogP contribution in [0.2, 0.25) is 0 Å². The molecule has 26 heavy (non-hydrogen) atoms. The van der Waals surface area contributed by atoms with E-state index in [4.69, 9.17) is 4.55 Å². The van der Waals surface area contributed by atoms with E-state index in [1.165, 1.54) is 0 Å². The van der Waals surface area contributed by atoms with Gasteiger partial charge in [-0.15, -0.1) is 0 Å². The van der Waals surface area contributed by atoms with Gasteiger partial charge < -0.3 is 0 Å². The average Bonchev–Trinajstić information content (AvgIpc) is 3.22. The number of carbonyl (C=O) groups excluding carboxylic acids is 1. The predicted octanol–water partition coefficient (Wildman–Crippen LogP) is 3.26. The van der Waals surface area contributed by atoms with E-state index in [1.54, 1.807) is 30.5 Å². The third-order valence-corrected chi connectivity index (χ3v) is 6.09. The van der Waals surface area contributed by atoms with Crippen LogP contribution in [0, 0.1) is 17.8 Å². The Kier molecular flexibility index (Phi) is 4.25. The zero-order valence-corrected chi connectivity index (χ0v) is 14.8. The van der Waals surface area contributed by atoms with Gasteiger partial charge in [0.15, 0.2) is 5.78 Å². The number of fused-ring (bicyclic) bond motifs is 2. The van der Waals surface area contributed by atoms with E-state index in [2.05, 4.69) is 17.1 Å². The van der Waals surface area contributed by atoms with E-state index < -0.39 is 15.9 Å². The molecule has 134 valence electrons. The van der Waals surface area contributed by atoms with Crippen molar-refractivity contribution < 1.29 is 17.8 Å². The number of pyridine rings is 1. The fourth-order valence-electron chi connectivity index (χ4n) is 4.36. The smallest absolute Gasteiger partial charge is 0.269 e. The Morgan fingerprint density at radius 3 is 2.46 bits per heavy atom. The fourth-order valence-corrected chi connectivity index (χ4v) is 4.97. The standard InChI is InChI=1S/C20H19NO4S/c22-20(17-3-1-2-10-21-17)19-16-9-8-15(11-16)18(19)14-6-4-13(5-7-14)12-26(23,24)25/h1-10,15-16,18-19H,11-12H2,(H,23,24,25)/t15-,16+,18-,19-/m1/s1. The molecule has 1 heterocycles. The lowest BCUT2D eigenvalue weighted by Crippen LogP contribution is -2.27. The normalized spacial score (nSPS) is 27.0. The van der Waals surface area contributed by atoms with Crippen LogP contribution in [0.4, 0.5) is 0 Å². The maximum absolute atomic E-state index is 13.1. The monoisotopic (exact) mass is 369 g/mol. The zero-order chi connectivity index (χ0) is 18.3. The molecule has 2 aliphatic carbocycles. The van der Waals surface area contributed by atoms with Crippen molar-refractivity contribution in [3.8, 4) is 0 Å². The number of carbonyl (C=O) groups is 1. The SMILES string of the molecule is O=C(c1ccccn1)[C@H]1[C@H](c2ccc(CS(=O)(=O)O)cc2)[C@@H]2C=C[C@H]1C2. The fraction of sp³-hybridized carbons (Fsp3) is 0.300. The third-order valence-electron chi connectivity index (χ3n) is 5.39. The summed E-state index contributed by atoms with van der Waals surface area (Å²) in [4.78, 5) is 17.3. The molecule has 1 N–H and O–H groups in total. The third kappa shape index (κ3) is 3.22. The molecule has 6 heteroatoms. The molecule has 2 aromatic rings. The molecule has 5 nitrogen and oxygen atoms in total. The highest BCUT2D eigenvalue weighted by Crippen LogP contribution is 2.53. The number of ketones is 1. The summed E-state index contributed by atoms with van der Waals surface area (Å²) in [7, 11) is -4.05. The number of rotatable bonds is 5. The molecule has 2 bridgehead atoms. The van der Waals surface area contributed by atoms with E-state index in [-0.39, 0.29) is 23.5 Å². The van der Waals surface area contributed by atoms with Gasteiger partial charge in [-0.05, 0) is 41.5 Å². The lowest BCUT2D eigenvalue weighted by atomic mass is 9.75. The molecule has 1 saturated carbocycles. The van der Waals surface area contributed by atoms with Gasteiger partial charge >= 0.3 is 0 Å². The first-order chi connectivity index (χ1) is 12.4. The highest BCUT2D eigenvalue weighted by molar-refractivity contribution is 7.85. The molecule has 0 saturated heterocycles. The average molecular weight is 369 g/mol. The molecule has 4 atom stereocenters. The van der Waals surface area contributed by atoms with Crippen LogP contribution in [0.1, 0.15) is 34.0 Å². The number of nitrogens with zero attached hydrogens (tertiary/aromatic N) is 1. The van der Waals surface area contributed by atoms with Gasteiger partial charge in [0.2, 0.25) is 0 Å².